The molecule has 34 heavy (non-hydrogen) atoms. The molecule has 1 amide bonds. The van der Waals surface area contributed by atoms with Crippen LogP contribution in [-0.2, 0) is 11.2 Å². The molecule has 4 heteroatoms. The summed E-state index contributed by atoms with van der Waals surface area (Å²) < 4.78 is 0. The van der Waals surface area contributed by atoms with E-state index in [9.17, 15) is 4.79 Å². The molecule has 184 valence electrons. The van der Waals surface area contributed by atoms with Gasteiger partial charge in [-0.2, -0.15) is 0 Å². The van der Waals surface area contributed by atoms with Crippen molar-refractivity contribution in [3.8, 4) is 0 Å². The predicted octanol–water partition coefficient (Wildman–Crippen LogP) is 8.06. The second-order valence-corrected chi connectivity index (χ2v) is 9.55. The van der Waals surface area contributed by atoms with Gasteiger partial charge in [0.1, 0.15) is 0 Å². The maximum atomic E-state index is 13.0. The van der Waals surface area contributed by atoms with Crippen molar-refractivity contribution in [2.45, 2.75) is 78.6 Å². The molecule has 0 heterocycles. The Bertz CT molecular complexity index is 949. The van der Waals surface area contributed by atoms with Gasteiger partial charge in [0.25, 0.3) is 5.91 Å². The van der Waals surface area contributed by atoms with Crippen LogP contribution in [0.3, 0.4) is 0 Å². The average Bonchev–Trinajstić information content (AvgIpc) is 3.05. The van der Waals surface area contributed by atoms with Crippen molar-refractivity contribution in [1.29, 1.82) is 0 Å². The van der Waals surface area contributed by atoms with Crippen LogP contribution in [0.2, 0.25) is 0 Å². The zero-order chi connectivity index (χ0) is 24.8. The van der Waals surface area contributed by atoms with E-state index in [0.29, 0.717) is 6.42 Å². The molecule has 0 bridgehead atoms. The molecule has 0 saturated heterocycles. The first kappa shape index (κ1) is 27.8. The zero-order valence-corrected chi connectivity index (χ0v) is 22.3. The lowest BCUT2D eigenvalue weighted by Gasteiger charge is -2.14. The van der Waals surface area contributed by atoms with Gasteiger partial charge in [-0.05, 0) is 80.0 Å². The van der Waals surface area contributed by atoms with Crippen molar-refractivity contribution in [3.05, 3.63) is 87.5 Å². The largest absolute Gasteiger partial charge is 0.394 e. The van der Waals surface area contributed by atoms with E-state index < -0.39 is 0 Å². The molecule has 1 aliphatic carbocycles. The lowest BCUT2D eigenvalue weighted by molar-refractivity contribution is -0.113. The third-order valence-corrected chi connectivity index (χ3v) is 6.72. The number of unbranched alkanes of at least 4 members (excludes halogenated alkanes) is 1. The average molecular weight is 479 g/mol. The van der Waals surface area contributed by atoms with E-state index in [1.165, 1.54) is 22.3 Å². The fourth-order valence-electron chi connectivity index (χ4n) is 3.97. The summed E-state index contributed by atoms with van der Waals surface area (Å²) in [5.41, 5.74) is 6.90. The van der Waals surface area contributed by atoms with Crippen molar-refractivity contribution < 1.29 is 4.79 Å². The summed E-state index contributed by atoms with van der Waals surface area (Å²) in [6, 6.07) is 8.25. The number of hydrogen-bond acceptors (Lipinski definition) is 3. The Hall–Kier alpha value is -2.46. The van der Waals surface area contributed by atoms with E-state index in [1.807, 2.05) is 19.2 Å². The van der Waals surface area contributed by atoms with E-state index in [1.54, 1.807) is 6.20 Å². The van der Waals surface area contributed by atoms with Crippen LogP contribution >= 0.6 is 12.6 Å². The maximum Gasteiger partial charge on any atom is 0.253 e. The van der Waals surface area contributed by atoms with Crippen LogP contribution in [0, 0.1) is 0 Å². The van der Waals surface area contributed by atoms with E-state index in [2.05, 4.69) is 80.5 Å². The fraction of sp³-hybridized carbons (Fsp3) is 0.433. The van der Waals surface area contributed by atoms with E-state index >= 15 is 0 Å². The van der Waals surface area contributed by atoms with Crippen LogP contribution in [0.15, 0.2) is 82.0 Å². The zero-order valence-electron chi connectivity index (χ0n) is 21.4. The summed E-state index contributed by atoms with van der Waals surface area (Å²) in [5, 5.41) is 6.11. The Morgan fingerprint density at radius 3 is 2.53 bits per heavy atom. The third kappa shape index (κ3) is 9.80. The van der Waals surface area contributed by atoms with Gasteiger partial charge in [-0.3, -0.25) is 4.79 Å². The van der Waals surface area contributed by atoms with E-state index in [0.717, 1.165) is 67.5 Å². The highest BCUT2D eigenvalue weighted by Crippen LogP contribution is 2.26. The molecule has 0 spiro atoms. The molecule has 3 nitrogen and oxygen atoms in total. The van der Waals surface area contributed by atoms with Crippen LogP contribution < -0.4 is 10.6 Å². The molecule has 0 radical (unpaired) electrons. The van der Waals surface area contributed by atoms with Gasteiger partial charge in [0.15, 0.2) is 0 Å². The number of hydrogen-bond donors (Lipinski definition) is 3. The predicted molar refractivity (Wildman–Crippen MR) is 151 cm³/mol. The maximum absolute atomic E-state index is 13.0. The number of carbonyl (C=O) groups is 1. The Labute approximate surface area is 212 Å². The summed E-state index contributed by atoms with van der Waals surface area (Å²) in [6.45, 7) is 6.47. The number of anilines is 1. The molecule has 1 aromatic carbocycles. The lowest BCUT2D eigenvalue weighted by atomic mass is 9.99. The number of aryl methyl sites for hydroxylation is 1. The Kier molecular flexibility index (Phi) is 12.6. The van der Waals surface area contributed by atoms with Gasteiger partial charge in [-0.25, -0.2) is 0 Å². The van der Waals surface area contributed by atoms with Gasteiger partial charge in [-0.15, -0.1) is 12.6 Å². The van der Waals surface area contributed by atoms with E-state index in [4.69, 9.17) is 0 Å². The second-order valence-electron chi connectivity index (χ2n) is 9.01. The highest BCUT2D eigenvalue weighted by atomic mass is 32.1. The number of benzene rings is 1. The van der Waals surface area contributed by atoms with Gasteiger partial charge < -0.3 is 10.6 Å². The molecule has 1 aliphatic rings. The number of thiol groups is 1. The number of nitrogens with one attached hydrogen (secondary N) is 2. The number of allylic oxidation sites excluding steroid dienone is 8. The molecule has 0 atom stereocenters. The molecule has 0 aliphatic heterocycles. The van der Waals surface area contributed by atoms with Crippen molar-refractivity contribution in [1.82, 2.24) is 5.32 Å². The van der Waals surface area contributed by atoms with Crippen LogP contribution in [0.25, 0.3) is 0 Å². The lowest BCUT2D eigenvalue weighted by Crippen LogP contribution is -2.17. The molecule has 0 fully saturated rings. The molecule has 0 aromatic heterocycles. The Morgan fingerprint density at radius 1 is 1.09 bits per heavy atom. The highest BCUT2D eigenvalue weighted by Gasteiger charge is 2.14. The molecule has 0 saturated carbocycles. The highest BCUT2D eigenvalue weighted by molar-refractivity contribution is 7.84. The minimum absolute atomic E-state index is 0.0660. The number of carbonyl (C=O) groups excluding carboxylic acids is 1. The molecule has 2 N–H and O–H groups in total. The van der Waals surface area contributed by atoms with Crippen molar-refractivity contribution in [3.63, 3.8) is 0 Å². The van der Waals surface area contributed by atoms with Gasteiger partial charge in [0.05, 0.1) is 0 Å². The van der Waals surface area contributed by atoms with Crippen molar-refractivity contribution in [2.24, 2.45) is 0 Å². The van der Waals surface area contributed by atoms with Crippen LogP contribution in [-0.4, -0.2) is 13.0 Å². The summed E-state index contributed by atoms with van der Waals surface area (Å²) in [5.74, 6) is -0.0660. The van der Waals surface area contributed by atoms with Gasteiger partial charge in [0.2, 0.25) is 0 Å². The van der Waals surface area contributed by atoms with Gasteiger partial charge in [0, 0.05) is 30.9 Å². The number of amides is 1. The van der Waals surface area contributed by atoms with Crippen molar-refractivity contribution in [2.75, 3.05) is 12.4 Å². The first-order chi connectivity index (χ1) is 16.5. The third-order valence-electron chi connectivity index (χ3n) is 6.09. The monoisotopic (exact) mass is 478 g/mol. The SMILES string of the molecule is CCCC/C(C/C(=C/NC)C(=O)Nc1ccc(CCCC2=CC=C(C)CC=C2)cc1)=C(/S)CC. The summed E-state index contributed by atoms with van der Waals surface area (Å²) >= 11 is 4.68. The van der Waals surface area contributed by atoms with Crippen molar-refractivity contribution >= 4 is 24.2 Å². The fourth-order valence-corrected chi connectivity index (χ4v) is 4.17. The van der Waals surface area contributed by atoms with Gasteiger partial charge >= 0.3 is 0 Å². The van der Waals surface area contributed by atoms with Crippen LogP contribution in [0.4, 0.5) is 5.69 Å². The standard InChI is InChI=1S/C30H42N2OS/c1-5-7-14-26(29(34)6-2)21-27(22-31-4)30(33)32-28-19-17-25(18-20-28)13-9-12-24-11-8-10-23(3)15-16-24/h8,11,15-20,22,31,34H,5-7,9-10,12-14,21H2,1-4H3,(H,32,33)/b27-22-,29-26-. The number of rotatable bonds is 13. The van der Waals surface area contributed by atoms with Crippen LogP contribution in [0.5, 0.6) is 0 Å². The molecular weight excluding hydrogens is 436 g/mol. The topological polar surface area (TPSA) is 41.1 Å². The Balaban J connectivity index is 1.94. The second kappa shape index (κ2) is 15.4. The van der Waals surface area contributed by atoms with Crippen LogP contribution in [0.1, 0.15) is 77.7 Å². The summed E-state index contributed by atoms with van der Waals surface area (Å²) in [7, 11) is 1.83. The first-order valence-electron chi connectivity index (χ1n) is 12.7. The molecule has 2 rings (SSSR count). The molecular formula is C30H42N2OS. The molecule has 0 unspecified atom stereocenters. The summed E-state index contributed by atoms with van der Waals surface area (Å²) in [4.78, 5) is 14.1. The summed E-state index contributed by atoms with van der Waals surface area (Å²) in [6.07, 6.45) is 19.8. The molecule has 1 aromatic rings. The Morgan fingerprint density at radius 2 is 1.85 bits per heavy atom. The van der Waals surface area contributed by atoms with E-state index in [-0.39, 0.29) is 5.91 Å². The first-order valence-corrected chi connectivity index (χ1v) is 13.1. The smallest absolute Gasteiger partial charge is 0.253 e. The minimum Gasteiger partial charge on any atom is -0.394 e. The minimum atomic E-state index is -0.0660. The quantitative estimate of drug-likeness (QED) is 0.198. The van der Waals surface area contributed by atoms with Gasteiger partial charge in [-0.1, -0.05) is 67.9 Å². The normalized spacial score (nSPS) is 14.7.